The standard InChI is InChI=1S/C22H30N4O2/c1-17(2)26(16-18-9-6-5-7-10-18)22(28)19-11-13-23-20(15-19)21(27)24-12-8-14-25(3)4/h5-7,9-11,13,15,17H,8,12,14,16H2,1-4H3,(H,24,27). The Bertz CT molecular complexity index is 775. The highest BCUT2D eigenvalue weighted by atomic mass is 16.2. The van der Waals surface area contributed by atoms with Gasteiger partial charge in [0.2, 0.25) is 0 Å². The van der Waals surface area contributed by atoms with Gasteiger partial charge in [0.05, 0.1) is 0 Å². The summed E-state index contributed by atoms with van der Waals surface area (Å²) in [5, 5.41) is 2.86. The molecule has 0 aliphatic rings. The lowest BCUT2D eigenvalue weighted by molar-refractivity contribution is 0.0690. The molecule has 0 fully saturated rings. The summed E-state index contributed by atoms with van der Waals surface area (Å²) in [7, 11) is 3.99. The Morgan fingerprint density at radius 3 is 2.46 bits per heavy atom. The first-order valence-electron chi connectivity index (χ1n) is 9.62. The van der Waals surface area contributed by atoms with Crippen molar-refractivity contribution >= 4 is 11.8 Å². The number of benzene rings is 1. The molecule has 6 nitrogen and oxygen atoms in total. The van der Waals surface area contributed by atoms with Gasteiger partial charge in [-0.3, -0.25) is 14.6 Å². The normalized spacial score (nSPS) is 10.9. The minimum Gasteiger partial charge on any atom is -0.351 e. The summed E-state index contributed by atoms with van der Waals surface area (Å²) in [4.78, 5) is 33.4. The van der Waals surface area contributed by atoms with Crippen molar-refractivity contribution in [1.29, 1.82) is 0 Å². The molecule has 0 saturated carbocycles. The Morgan fingerprint density at radius 2 is 1.82 bits per heavy atom. The SMILES string of the molecule is CC(C)N(Cc1ccccc1)C(=O)c1ccnc(C(=O)NCCCN(C)C)c1. The number of amides is 2. The van der Waals surface area contributed by atoms with Crippen LogP contribution in [0, 0.1) is 0 Å². The predicted octanol–water partition coefficient (Wildman–Crippen LogP) is 2.81. The maximum absolute atomic E-state index is 13.1. The second-order valence-corrected chi connectivity index (χ2v) is 7.35. The number of pyridine rings is 1. The molecule has 0 unspecified atom stereocenters. The lowest BCUT2D eigenvalue weighted by Gasteiger charge is -2.27. The Morgan fingerprint density at radius 1 is 1.11 bits per heavy atom. The van der Waals surface area contributed by atoms with Crippen LogP contribution in [-0.2, 0) is 6.54 Å². The second kappa shape index (κ2) is 10.6. The van der Waals surface area contributed by atoms with Crippen LogP contribution in [0.15, 0.2) is 48.7 Å². The first-order valence-corrected chi connectivity index (χ1v) is 9.62. The van der Waals surface area contributed by atoms with Gasteiger partial charge in [0.25, 0.3) is 11.8 Å². The van der Waals surface area contributed by atoms with Crippen LogP contribution in [0.4, 0.5) is 0 Å². The van der Waals surface area contributed by atoms with E-state index in [1.54, 1.807) is 17.0 Å². The molecular weight excluding hydrogens is 352 g/mol. The molecule has 2 aromatic rings. The van der Waals surface area contributed by atoms with Crippen LogP contribution in [0.25, 0.3) is 0 Å². The molecule has 0 aliphatic carbocycles. The zero-order valence-corrected chi connectivity index (χ0v) is 17.2. The van der Waals surface area contributed by atoms with Gasteiger partial charge in [-0.15, -0.1) is 0 Å². The van der Waals surface area contributed by atoms with Crippen molar-refractivity contribution in [3.05, 3.63) is 65.5 Å². The topological polar surface area (TPSA) is 65.5 Å². The summed E-state index contributed by atoms with van der Waals surface area (Å²) in [6.45, 7) is 5.96. The minimum atomic E-state index is -0.257. The van der Waals surface area contributed by atoms with Gasteiger partial charge in [-0.25, -0.2) is 0 Å². The second-order valence-electron chi connectivity index (χ2n) is 7.35. The molecule has 0 saturated heterocycles. The summed E-state index contributed by atoms with van der Waals surface area (Å²) in [5.41, 5.74) is 1.80. The van der Waals surface area contributed by atoms with Crippen LogP contribution in [0.2, 0.25) is 0 Å². The van der Waals surface area contributed by atoms with Crippen molar-refractivity contribution in [3.8, 4) is 0 Å². The highest BCUT2D eigenvalue weighted by Gasteiger charge is 2.20. The third kappa shape index (κ3) is 6.46. The third-order valence-corrected chi connectivity index (χ3v) is 4.39. The van der Waals surface area contributed by atoms with E-state index >= 15 is 0 Å². The van der Waals surface area contributed by atoms with Crippen LogP contribution < -0.4 is 5.32 Å². The van der Waals surface area contributed by atoms with E-state index in [1.807, 2.05) is 58.3 Å². The summed E-state index contributed by atoms with van der Waals surface area (Å²) in [5.74, 6) is -0.365. The number of carbonyl (C=O) groups excluding carboxylic acids is 2. The van der Waals surface area contributed by atoms with Crippen molar-refractivity contribution in [1.82, 2.24) is 20.1 Å². The molecule has 0 atom stereocenters. The fourth-order valence-corrected chi connectivity index (χ4v) is 2.81. The Labute approximate surface area is 167 Å². The number of aromatic nitrogens is 1. The van der Waals surface area contributed by atoms with Crippen LogP contribution in [0.1, 0.15) is 46.7 Å². The molecule has 0 spiro atoms. The van der Waals surface area contributed by atoms with Crippen LogP contribution in [0.5, 0.6) is 0 Å². The number of hydrogen-bond acceptors (Lipinski definition) is 4. The Hall–Kier alpha value is -2.73. The molecule has 2 rings (SSSR count). The molecule has 1 heterocycles. The largest absolute Gasteiger partial charge is 0.351 e. The number of hydrogen-bond donors (Lipinski definition) is 1. The number of rotatable bonds is 9. The van der Waals surface area contributed by atoms with Crippen LogP contribution in [0.3, 0.4) is 0 Å². The molecule has 1 aromatic heterocycles. The van der Waals surface area contributed by atoms with E-state index in [0.717, 1.165) is 18.5 Å². The quantitative estimate of drug-likeness (QED) is 0.678. The fourth-order valence-electron chi connectivity index (χ4n) is 2.81. The molecule has 2 amide bonds. The van der Waals surface area contributed by atoms with Crippen LogP contribution in [-0.4, -0.2) is 59.8 Å². The molecule has 0 bridgehead atoms. The van der Waals surface area contributed by atoms with E-state index in [4.69, 9.17) is 0 Å². The summed E-state index contributed by atoms with van der Waals surface area (Å²) in [6.07, 6.45) is 2.37. The first-order chi connectivity index (χ1) is 13.4. The highest BCUT2D eigenvalue weighted by molar-refractivity contribution is 5.98. The van der Waals surface area contributed by atoms with E-state index in [1.165, 1.54) is 6.20 Å². The lowest BCUT2D eigenvalue weighted by Crippen LogP contribution is -2.36. The van der Waals surface area contributed by atoms with E-state index < -0.39 is 0 Å². The van der Waals surface area contributed by atoms with Crippen molar-refractivity contribution in [3.63, 3.8) is 0 Å². The molecular formula is C22H30N4O2. The van der Waals surface area contributed by atoms with Crippen molar-refractivity contribution in [2.75, 3.05) is 27.2 Å². The average Bonchev–Trinajstić information content (AvgIpc) is 2.69. The highest BCUT2D eigenvalue weighted by Crippen LogP contribution is 2.14. The Balaban J connectivity index is 2.07. The number of carbonyl (C=O) groups is 2. The van der Waals surface area contributed by atoms with Gasteiger partial charge in [0.15, 0.2) is 0 Å². The zero-order valence-electron chi connectivity index (χ0n) is 17.2. The van der Waals surface area contributed by atoms with Crippen molar-refractivity contribution in [2.45, 2.75) is 32.9 Å². The molecule has 1 aromatic carbocycles. The van der Waals surface area contributed by atoms with Gasteiger partial charge < -0.3 is 15.1 Å². The maximum Gasteiger partial charge on any atom is 0.269 e. The fraction of sp³-hybridized carbons (Fsp3) is 0.409. The Kier molecular flexibility index (Phi) is 8.14. The van der Waals surface area contributed by atoms with Gasteiger partial charge in [-0.2, -0.15) is 0 Å². The lowest BCUT2D eigenvalue weighted by atomic mass is 10.1. The predicted molar refractivity (Wildman–Crippen MR) is 111 cm³/mol. The van der Waals surface area contributed by atoms with E-state index in [9.17, 15) is 9.59 Å². The van der Waals surface area contributed by atoms with Gasteiger partial charge >= 0.3 is 0 Å². The molecule has 0 aliphatic heterocycles. The van der Waals surface area contributed by atoms with Gasteiger partial charge in [0, 0.05) is 30.9 Å². The summed E-state index contributed by atoms with van der Waals surface area (Å²) >= 11 is 0. The number of nitrogens with one attached hydrogen (secondary N) is 1. The van der Waals surface area contributed by atoms with E-state index in [0.29, 0.717) is 18.7 Å². The zero-order chi connectivity index (χ0) is 20.5. The summed E-state index contributed by atoms with van der Waals surface area (Å²) in [6, 6.07) is 13.1. The van der Waals surface area contributed by atoms with Crippen molar-refractivity contribution < 1.29 is 9.59 Å². The van der Waals surface area contributed by atoms with E-state index in [2.05, 4.69) is 15.2 Å². The molecule has 0 radical (unpaired) electrons. The summed E-state index contributed by atoms with van der Waals surface area (Å²) < 4.78 is 0. The maximum atomic E-state index is 13.1. The van der Waals surface area contributed by atoms with E-state index in [-0.39, 0.29) is 23.6 Å². The van der Waals surface area contributed by atoms with Gasteiger partial charge in [-0.05, 0) is 58.6 Å². The molecule has 6 heteroatoms. The molecule has 1 N–H and O–H groups in total. The number of nitrogens with zero attached hydrogens (tertiary/aromatic N) is 3. The van der Waals surface area contributed by atoms with Gasteiger partial charge in [0.1, 0.15) is 5.69 Å². The smallest absolute Gasteiger partial charge is 0.269 e. The average molecular weight is 383 g/mol. The van der Waals surface area contributed by atoms with Crippen LogP contribution >= 0.6 is 0 Å². The molecule has 28 heavy (non-hydrogen) atoms. The minimum absolute atomic E-state index is 0.0316. The van der Waals surface area contributed by atoms with Crippen molar-refractivity contribution in [2.24, 2.45) is 0 Å². The third-order valence-electron chi connectivity index (χ3n) is 4.39. The first kappa shape index (κ1) is 21.6. The monoisotopic (exact) mass is 382 g/mol. The van der Waals surface area contributed by atoms with Gasteiger partial charge in [-0.1, -0.05) is 30.3 Å². The molecule has 150 valence electrons.